The van der Waals surface area contributed by atoms with Crippen LogP contribution in [0.25, 0.3) is 0 Å². The highest BCUT2D eigenvalue weighted by atomic mass is 19.4. The molecule has 0 amide bonds. The van der Waals surface area contributed by atoms with Crippen LogP contribution in [0.1, 0.15) is 22.3 Å². The Morgan fingerprint density at radius 1 is 0.533 bits per heavy atom. The molecule has 166 valence electrons. The summed E-state index contributed by atoms with van der Waals surface area (Å²) >= 11 is 0. The van der Waals surface area contributed by atoms with Crippen molar-refractivity contribution in [3.05, 3.63) is 58.7 Å². The van der Waals surface area contributed by atoms with Crippen molar-refractivity contribution in [3.63, 3.8) is 0 Å². The van der Waals surface area contributed by atoms with Crippen molar-refractivity contribution < 1.29 is 44.6 Å². The predicted molar refractivity (Wildman–Crippen MR) is 92.9 cm³/mol. The molecule has 0 N–H and O–H groups in total. The second-order valence-electron chi connectivity index (χ2n) is 6.92. The average Bonchev–Trinajstić information content (AvgIpc) is 2.60. The van der Waals surface area contributed by atoms with Gasteiger partial charge in [0.05, 0.1) is 0 Å². The Morgan fingerprint density at radius 2 is 0.833 bits per heavy atom. The first-order chi connectivity index (χ1) is 13.5. The first-order valence-corrected chi connectivity index (χ1v) is 8.55. The molecule has 2 aromatic carbocycles. The third-order valence-corrected chi connectivity index (χ3v) is 4.29. The van der Waals surface area contributed by atoms with Gasteiger partial charge in [0.25, 0.3) is 0 Å². The monoisotopic (exact) mass is 442 g/mol. The lowest BCUT2D eigenvalue weighted by Gasteiger charge is -2.36. The smallest absolute Gasteiger partial charge is 0.428 e. The highest BCUT2D eigenvalue weighted by Gasteiger charge is 2.84. The van der Waals surface area contributed by atoms with E-state index in [1.54, 1.807) is 0 Å². The minimum absolute atomic E-state index is 0.0854. The third-order valence-electron chi connectivity index (χ3n) is 4.29. The van der Waals surface area contributed by atoms with E-state index < -0.39 is 35.6 Å². The largest absolute Gasteiger partial charge is 0.471 e. The molecule has 0 bridgehead atoms. The lowest BCUT2D eigenvalue weighted by Crippen LogP contribution is -2.65. The van der Waals surface area contributed by atoms with E-state index in [2.05, 4.69) is 9.47 Å². The Bertz CT molecular complexity index is 850. The van der Waals surface area contributed by atoms with Gasteiger partial charge in [0, 0.05) is 0 Å². The molecule has 0 spiro atoms. The van der Waals surface area contributed by atoms with Crippen LogP contribution >= 0.6 is 0 Å². The van der Waals surface area contributed by atoms with E-state index in [1.807, 2.05) is 0 Å². The van der Waals surface area contributed by atoms with Crippen molar-refractivity contribution in [2.45, 2.75) is 51.8 Å². The summed E-state index contributed by atoms with van der Waals surface area (Å²) in [6, 6.07) is 7.08. The summed E-state index contributed by atoms with van der Waals surface area (Å²) in [5.41, 5.74) is 0.422. The van der Waals surface area contributed by atoms with E-state index in [1.165, 1.54) is 52.0 Å². The standard InChI is InChI=1S/C20H18F8O2/c1-11-5-7-13(3)15(9-11)29-19(25,26)17(21,22)18(23,24)20(27,28)30-16-10-12(2)6-8-14(16)4/h5-10H,1-4H3. The Kier molecular flexibility index (Phi) is 6.04. The molecule has 0 atom stereocenters. The minimum Gasteiger partial charge on any atom is -0.428 e. The first-order valence-electron chi connectivity index (χ1n) is 8.55. The molecule has 0 saturated carbocycles. The van der Waals surface area contributed by atoms with Crippen LogP contribution in [0, 0.1) is 27.7 Å². The van der Waals surface area contributed by atoms with Crippen LogP contribution in [0.5, 0.6) is 11.5 Å². The second-order valence-corrected chi connectivity index (χ2v) is 6.92. The van der Waals surface area contributed by atoms with Gasteiger partial charge in [0.2, 0.25) is 0 Å². The summed E-state index contributed by atoms with van der Waals surface area (Å²) in [6.07, 6.45) is -12.0. The fraction of sp³-hybridized carbons (Fsp3) is 0.400. The highest BCUT2D eigenvalue weighted by Crippen LogP contribution is 2.53. The zero-order chi connectivity index (χ0) is 23.1. The van der Waals surface area contributed by atoms with Crippen molar-refractivity contribution in [2.75, 3.05) is 0 Å². The zero-order valence-electron chi connectivity index (χ0n) is 16.3. The van der Waals surface area contributed by atoms with Gasteiger partial charge in [0.15, 0.2) is 0 Å². The minimum atomic E-state index is -6.63. The Hall–Kier alpha value is -2.52. The maximum Gasteiger partial charge on any atom is 0.471 e. The maximum atomic E-state index is 14.1. The van der Waals surface area contributed by atoms with Crippen molar-refractivity contribution in [3.8, 4) is 11.5 Å². The summed E-state index contributed by atoms with van der Waals surface area (Å²) in [4.78, 5) is 0. The van der Waals surface area contributed by atoms with E-state index in [9.17, 15) is 35.1 Å². The van der Waals surface area contributed by atoms with Crippen LogP contribution in [-0.2, 0) is 0 Å². The first kappa shape index (κ1) is 23.8. The molecule has 2 aromatic rings. The van der Waals surface area contributed by atoms with Gasteiger partial charge in [-0.1, -0.05) is 24.3 Å². The summed E-state index contributed by atoms with van der Waals surface area (Å²) in [7, 11) is 0. The number of alkyl halides is 8. The van der Waals surface area contributed by atoms with Crippen molar-refractivity contribution >= 4 is 0 Å². The SMILES string of the molecule is Cc1ccc(C)c(OC(F)(F)C(F)(F)C(F)(F)C(F)(F)Oc2cc(C)ccc2C)c1. The molecular weight excluding hydrogens is 424 g/mol. The number of aryl methyl sites for hydroxylation is 4. The van der Waals surface area contributed by atoms with Gasteiger partial charge in [0.1, 0.15) is 11.5 Å². The quantitative estimate of drug-likeness (QED) is 0.438. The molecule has 10 heteroatoms. The van der Waals surface area contributed by atoms with Gasteiger partial charge >= 0.3 is 24.1 Å². The summed E-state index contributed by atoms with van der Waals surface area (Å²) in [6.45, 7) is 5.20. The van der Waals surface area contributed by atoms with E-state index in [0.29, 0.717) is 11.1 Å². The van der Waals surface area contributed by atoms with Gasteiger partial charge in [-0.25, -0.2) is 0 Å². The fourth-order valence-electron chi connectivity index (χ4n) is 2.40. The summed E-state index contributed by atoms with van der Waals surface area (Å²) in [5.74, 6) is -15.0. The van der Waals surface area contributed by atoms with E-state index in [4.69, 9.17) is 0 Å². The molecule has 0 aromatic heterocycles. The van der Waals surface area contributed by atoms with Crippen molar-refractivity contribution in [2.24, 2.45) is 0 Å². The van der Waals surface area contributed by atoms with E-state index in [-0.39, 0.29) is 11.1 Å². The number of benzene rings is 2. The molecule has 0 fully saturated rings. The number of rotatable bonds is 7. The molecule has 30 heavy (non-hydrogen) atoms. The average molecular weight is 442 g/mol. The maximum absolute atomic E-state index is 14.1. The highest BCUT2D eigenvalue weighted by molar-refractivity contribution is 5.37. The number of hydrogen-bond acceptors (Lipinski definition) is 2. The molecule has 0 aliphatic heterocycles. The fourth-order valence-corrected chi connectivity index (χ4v) is 2.40. The van der Waals surface area contributed by atoms with Crippen LogP contribution in [-0.4, -0.2) is 24.1 Å². The van der Waals surface area contributed by atoms with Gasteiger partial charge < -0.3 is 9.47 Å². The van der Waals surface area contributed by atoms with Gasteiger partial charge in [-0.15, -0.1) is 0 Å². The van der Waals surface area contributed by atoms with Gasteiger partial charge in [-0.2, -0.15) is 35.1 Å². The second kappa shape index (κ2) is 7.63. The molecule has 0 unspecified atom stereocenters. The van der Waals surface area contributed by atoms with E-state index in [0.717, 1.165) is 12.1 Å². The number of ether oxygens (including phenoxy) is 2. The molecule has 2 nitrogen and oxygen atoms in total. The summed E-state index contributed by atoms with van der Waals surface area (Å²) < 4.78 is 120. The topological polar surface area (TPSA) is 18.5 Å². The molecule has 2 rings (SSSR count). The van der Waals surface area contributed by atoms with Crippen LogP contribution in [0.2, 0.25) is 0 Å². The molecule has 0 heterocycles. The van der Waals surface area contributed by atoms with Crippen LogP contribution < -0.4 is 9.47 Å². The zero-order valence-corrected chi connectivity index (χ0v) is 16.3. The third kappa shape index (κ3) is 4.17. The molecule has 0 aliphatic rings. The van der Waals surface area contributed by atoms with Gasteiger partial charge in [-0.05, 0) is 62.1 Å². The Balaban J connectivity index is 2.41. The summed E-state index contributed by atoms with van der Waals surface area (Å²) in [5, 5.41) is 0. The molecule has 0 aliphatic carbocycles. The Labute approximate surface area is 167 Å². The van der Waals surface area contributed by atoms with Crippen LogP contribution in [0.15, 0.2) is 36.4 Å². The number of halogens is 8. The molecule has 0 saturated heterocycles. The molecular formula is C20H18F8O2. The molecule has 0 radical (unpaired) electrons. The van der Waals surface area contributed by atoms with Crippen LogP contribution in [0.3, 0.4) is 0 Å². The Morgan fingerprint density at radius 3 is 1.13 bits per heavy atom. The lowest BCUT2D eigenvalue weighted by atomic mass is 10.1. The van der Waals surface area contributed by atoms with Crippen molar-refractivity contribution in [1.29, 1.82) is 0 Å². The van der Waals surface area contributed by atoms with Gasteiger partial charge in [-0.3, -0.25) is 0 Å². The number of hydrogen-bond donors (Lipinski definition) is 0. The van der Waals surface area contributed by atoms with E-state index >= 15 is 0 Å². The lowest BCUT2D eigenvalue weighted by molar-refractivity contribution is -0.437. The van der Waals surface area contributed by atoms with Crippen molar-refractivity contribution in [1.82, 2.24) is 0 Å². The van der Waals surface area contributed by atoms with Crippen LogP contribution in [0.4, 0.5) is 35.1 Å². The predicted octanol–water partition coefficient (Wildman–Crippen LogP) is 6.83. The normalized spacial score (nSPS) is 13.3.